The Labute approximate surface area is 183 Å². The molecule has 16 nitrogen and oxygen atoms in total. The third-order valence-corrected chi connectivity index (χ3v) is 5.80. The minimum Gasteiger partial charge on any atom is -0.478 e. The number of rotatable bonds is 9. The van der Waals surface area contributed by atoms with E-state index in [4.69, 9.17) is 15.7 Å². The Morgan fingerprint density at radius 3 is 2.72 bits per heavy atom. The number of hydrogen-bond acceptors (Lipinski definition) is 12. The fourth-order valence-corrected chi connectivity index (χ4v) is 4.07. The molecule has 2 aromatic rings. The number of thiazole rings is 1. The van der Waals surface area contributed by atoms with Crippen LogP contribution in [0.25, 0.3) is 0 Å². The summed E-state index contributed by atoms with van der Waals surface area (Å²) in [5.74, 6) is -3.48. The van der Waals surface area contributed by atoms with Gasteiger partial charge in [-0.1, -0.05) is 5.16 Å². The smallest absolute Gasteiger partial charge is 0.362 e. The Bertz CT molecular complexity index is 1160. The number of amides is 2. The van der Waals surface area contributed by atoms with Gasteiger partial charge >= 0.3 is 16.3 Å². The molecule has 0 spiro atoms. The summed E-state index contributed by atoms with van der Waals surface area (Å²) in [6.45, 7) is 0.948. The van der Waals surface area contributed by atoms with Crippen LogP contribution in [0.2, 0.25) is 0 Å². The second-order valence-electron chi connectivity index (χ2n) is 6.34. The van der Waals surface area contributed by atoms with E-state index in [0.717, 1.165) is 11.3 Å². The van der Waals surface area contributed by atoms with Crippen molar-refractivity contribution in [2.75, 3.05) is 5.73 Å². The second kappa shape index (κ2) is 8.85. The van der Waals surface area contributed by atoms with Crippen molar-refractivity contribution in [1.29, 1.82) is 0 Å². The standard InChI is InChI=1S/C14H16N8O8S2/c1-6(13(25)26)30-20-9(7-3-31-14(15)18-7)11(23)19-10-8(2-21-5-16-4-17-21)22(12(10)24)32(27,28)29/h3-6,8,10H,2H2,1H3,(H2,15,18)(H,19,23)(H,25,26)(H,27,28,29). The molecule has 5 N–H and O–H groups in total. The Morgan fingerprint density at radius 2 is 2.19 bits per heavy atom. The van der Waals surface area contributed by atoms with Crippen LogP contribution in [-0.2, 0) is 36.1 Å². The number of aliphatic carboxylic acids is 1. The van der Waals surface area contributed by atoms with E-state index >= 15 is 0 Å². The number of β-lactam (4-membered cyclic amide) rings is 1. The van der Waals surface area contributed by atoms with Crippen molar-refractivity contribution in [1.82, 2.24) is 29.4 Å². The summed E-state index contributed by atoms with van der Waals surface area (Å²) in [6.07, 6.45) is 1.01. The van der Waals surface area contributed by atoms with E-state index in [2.05, 4.69) is 25.5 Å². The van der Waals surface area contributed by atoms with E-state index < -0.39 is 52.0 Å². The highest BCUT2D eigenvalue weighted by atomic mass is 32.2. The maximum absolute atomic E-state index is 12.8. The van der Waals surface area contributed by atoms with Crippen molar-refractivity contribution in [2.24, 2.45) is 5.16 Å². The normalized spacial score (nSPS) is 19.9. The van der Waals surface area contributed by atoms with Crippen LogP contribution < -0.4 is 11.1 Å². The van der Waals surface area contributed by atoms with E-state index in [1.165, 1.54) is 29.6 Å². The van der Waals surface area contributed by atoms with Gasteiger partial charge in [-0.3, -0.25) is 18.8 Å². The molecule has 3 atom stereocenters. The minimum absolute atomic E-state index is 0.0613. The molecule has 3 rings (SSSR count). The zero-order valence-electron chi connectivity index (χ0n) is 16.1. The molecule has 1 aliphatic heterocycles. The van der Waals surface area contributed by atoms with E-state index in [1.54, 1.807) is 0 Å². The zero-order chi connectivity index (χ0) is 23.6. The number of carboxylic acids is 1. The number of hydrogen-bond donors (Lipinski definition) is 4. The van der Waals surface area contributed by atoms with Gasteiger partial charge in [-0.2, -0.15) is 13.5 Å². The number of oxime groups is 1. The van der Waals surface area contributed by atoms with Crippen LogP contribution in [0.1, 0.15) is 12.6 Å². The van der Waals surface area contributed by atoms with Crippen LogP contribution in [0.5, 0.6) is 0 Å². The molecule has 0 radical (unpaired) electrons. The molecule has 2 aromatic heterocycles. The maximum atomic E-state index is 12.8. The predicted molar refractivity (Wildman–Crippen MR) is 105 cm³/mol. The molecule has 0 saturated carbocycles. The average Bonchev–Trinajstić information content (AvgIpc) is 3.36. The first-order valence-electron chi connectivity index (χ1n) is 8.61. The lowest BCUT2D eigenvalue weighted by molar-refractivity contribution is -0.149. The summed E-state index contributed by atoms with van der Waals surface area (Å²) in [6, 6.07) is -2.63. The SMILES string of the molecule is CC(ON=C(C(=O)NC1C(=O)N(S(=O)(=O)O)C1Cn1cncn1)c1csc(N)n1)C(=O)O. The van der Waals surface area contributed by atoms with Gasteiger partial charge in [-0.05, 0) is 6.92 Å². The zero-order valence-corrected chi connectivity index (χ0v) is 17.7. The van der Waals surface area contributed by atoms with Gasteiger partial charge in [0.15, 0.2) is 10.8 Å². The van der Waals surface area contributed by atoms with Crippen molar-refractivity contribution in [3.63, 3.8) is 0 Å². The molecular formula is C14H16N8O8S2. The number of nitrogen functional groups attached to an aromatic ring is 1. The number of aromatic nitrogens is 4. The molecule has 32 heavy (non-hydrogen) atoms. The Balaban J connectivity index is 1.85. The van der Waals surface area contributed by atoms with Gasteiger partial charge in [-0.15, -0.1) is 11.3 Å². The van der Waals surface area contributed by atoms with E-state index in [1.807, 2.05) is 0 Å². The first kappa shape index (κ1) is 23.0. The molecule has 1 saturated heterocycles. The maximum Gasteiger partial charge on any atom is 0.362 e. The molecule has 2 amide bonds. The van der Waals surface area contributed by atoms with Crippen LogP contribution in [0.4, 0.5) is 5.13 Å². The molecule has 1 aliphatic rings. The Kier molecular flexibility index (Phi) is 6.37. The van der Waals surface area contributed by atoms with Crippen molar-refractivity contribution < 1.29 is 37.3 Å². The number of nitrogens with two attached hydrogens (primary N) is 1. The monoisotopic (exact) mass is 488 g/mol. The Morgan fingerprint density at radius 1 is 1.47 bits per heavy atom. The van der Waals surface area contributed by atoms with Crippen LogP contribution in [0, 0.1) is 0 Å². The van der Waals surface area contributed by atoms with Crippen LogP contribution in [0.3, 0.4) is 0 Å². The van der Waals surface area contributed by atoms with Gasteiger partial charge < -0.3 is 21.0 Å². The predicted octanol–water partition coefficient (Wildman–Crippen LogP) is -2.29. The molecule has 3 unspecified atom stereocenters. The first-order chi connectivity index (χ1) is 15.0. The highest BCUT2D eigenvalue weighted by molar-refractivity contribution is 7.84. The van der Waals surface area contributed by atoms with Gasteiger partial charge in [0.05, 0.1) is 12.6 Å². The molecule has 172 valence electrons. The summed E-state index contributed by atoms with van der Waals surface area (Å²) in [5, 5.41) is 20.0. The largest absolute Gasteiger partial charge is 0.478 e. The quantitative estimate of drug-likeness (QED) is 0.126. The van der Waals surface area contributed by atoms with Gasteiger partial charge in [-0.25, -0.2) is 19.1 Å². The second-order valence-corrected chi connectivity index (χ2v) is 8.52. The van der Waals surface area contributed by atoms with Crippen LogP contribution >= 0.6 is 11.3 Å². The average molecular weight is 488 g/mol. The number of carbonyl (C=O) groups is 3. The van der Waals surface area contributed by atoms with Crippen molar-refractivity contribution >= 4 is 50.3 Å². The third-order valence-electron chi connectivity index (χ3n) is 4.17. The lowest BCUT2D eigenvalue weighted by Crippen LogP contribution is -2.73. The minimum atomic E-state index is -4.91. The number of carbonyl (C=O) groups excluding carboxylic acids is 2. The van der Waals surface area contributed by atoms with Crippen molar-refractivity contribution in [3.8, 4) is 0 Å². The fourth-order valence-electron chi connectivity index (χ4n) is 2.65. The van der Waals surface area contributed by atoms with Gasteiger partial charge in [0, 0.05) is 5.38 Å². The number of nitrogens with zero attached hydrogens (tertiary/aromatic N) is 6. The highest BCUT2D eigenvalue weighted by Crippen LogP contribution is 2.25. The van der Waals surface area contributed by atoms with E-state index in [0.29, 0.717) is 0 Å². The van der Waals surface area contributed by atoms with Crippen LogP contribution in [-0.4, -0.2) is 83.8 Å². The number of carboxylic acid groups (broad SMARTS) is 1. The summed E-state index contributed by atoms with van der Waals surface area (Å²) in [7, 11) is -4.91. The van der Waals surface area contributed by atoms with E-state index in [-0.39, 0.29) is 21.7 Å². The number of anilines is 1. The molecule has 0 bridgehead atoms. The van der Waals surface area contributed by atoms with Crippen LogP contribution in [0.15, 0.2) is 23.2 Å². The number of nitrogens with one attached hydrogen (secondary N) is 1. The fraction of sp³-hybridized carbons (Fsp3) is 0.357. The summed E-state index contributed by atoms with van der Waals surface area (Å²) in [4.78, 5) is 48.5. The Hall–Kier alpha value is -3.64. The molecule has 1 fully saturated rings. The van der Waals surface area contributed by atoms with E-state index in [9.17, 15) is 27.4 Å². The van der Waals surface area contributed by atoms with Crippen molar-refractivity contribution in [3.05, 3.63) is 23.7 Å². The van der Waals surface area contributed by atoms with Gasteiger partial charge in [0.25, 0.3) is 11.8 Å². The van der Waals surface area contributed by atoms with Gasteiger partial charge in [0.2, 0.25) is 6.10 Å². The third kappa shape index (κ3) is 4.81. The topological polar surface area (TPSA) is 232 Å². The summed E-state index contributed by atoms with van der Waals surface area (Å²) in [5.41, 5.74) is 5.00. The molecule has 0 aromatic carbocycles. The highest BCUT2D eigenvalue weighted by Gasteiger charge is 2.54. The van der Waals surface area contributed by atoms with Gasteiger partial charge in [0.1, 0.15) is 24.4 Å². The lowest BCUT2D eigenvalue weighted by atomic mass is 9.98. The summed E-state index contributed by atoms with van der Waals surface area (Å²) >= 11 is 0.965. The lowest BCUT2D eigenvalue weighted by Gasteiger charge is -2.43. The summed E-state index contributed by atoms with van der Waals surface area (Å²) < 4.78 is 33.9. The molecule has 18 heteroatoms. The van der Waals surface area contributed by atoms with Crippen molar-refractivity contribution in [2.45, 2.75) is 31.7 Å². The first-order valence-corrected chi connectivity index (χ1v) is 10.9. The molecule has 0 aliphatic carbocycles. The molecular weight excluding hydrogens is 472 g/mol. The molecule has 3 heterocycles.